The van der Waals surface area contributed by atoms with Crippen LogP contribution in [0.5, 0.6) is 5.75 Å². The lowest BCUT2D eigenvalue weighted by molar-refractivity contribution is -0.133. The number of ether oxygens (including phenoxy) is 1. The molecule has 7 nitrogen and oxygen atoms in total. The average Bonchev–Trinajstić information content (AvgIpc) is 2.70. The Labute approximate surface area is 170 Å². The lowest BCUT2D eigenvalue weighted by Crippen LogP contribution is -2.42. The molecule has 0 fully saturated rings. The molecule has 1 aliphatic heterocycles. The second-order valence-electron chi connectivity index (χ2n) is 7.10. The number of likely N-dealkylation sites (N-methyl/N-ethyl adjacent to an activating group) is 1. The summed E-state index contributed by atoms with van der Waals surface area (Å²) in [6.07, 6.45) is 0.118. The van der Waals surface area contributed by atoms with Gasteiger partial charge in [-0.15, -0.1) is 0 Å². The number of carbonyl (C=O) groups excluding carboxylic acids is 3. The maximum Gasteiger partial charge on any atom is 0.265 e. The maximum atomic E-state index is 12.5. The Kier molecular flexibility index (Phi) is 6.16. The molecule has 0 saturated carbocycles. The van der Waals surface area contributed by atoms with Crippen LogP contribution in [-0.2, 0) is 14.4 Å². The van der Waals surface area contributed by atoms with Gasteiger partial charge in [0.1, 0.15) is 5.75 Å². The molecular formula is C22H25N3O4. The van der Waals surface area contributed by atoms with Crippen LogP contribution in [0, 0.1) is 13.8 Å². The van der Waals surface area contributed by atoms with Gasteiger partial charge in [0.25, 0.3) is 5.91 Å². The number of nitrogens with one attached hydrogen (secondary N) is 1. The van der Waals surface area contributed by atoms with Gasteiger partial charge in [-0.2, -0.15) is 0 Å². The minimum absolute atomic E-state index is 0.0424. The smallest absolute Gasteiger partial charge is 0.265 e. The van der Waals surface area contributed by atoms with E-state index in [-0.39, 0.29) is 43.8 Å². The van der Waals surface area contributed by atoms with Gasteiger partial charge in [-0.05, 0) is 43.2 Å². The van der Waals surface area contributed by atoms with Gasteiger partial charge in [0, 0.05) is 25.7 Å². The molecule has 29 heavy (non-hydrogen) atoms. The van der Waals surface area contributed by atoms with Crippen LogP contribution in [0.15, 0.2) is 42.5 Å². The number of hydrogen-bond donors (Lipinski definition) is 1. The minimum atomic E-state index is -0.262. The molecule has 1 heterocycles. The number of anilines is 2. The quantitative estimate of drug-likeness (QED) is 0.815. The summed E-state index contributed by atoms with van der Waals surface area (Å²) in [7, 11) is 1.58. The summed E-state index contributed by atoms with van der Waals surface area (Å²) in [5, 5.41) is 2.85. The summed E-state index contributed by atoms with van der Waals surface area (Å²) in [4.78, 5) is 39.9. The molecule has 3 amide bonds. The van der Waals surface area contributed by atoms with E-state index in [2.05, 4.69) is 5.32 Å². The SMILES string of the molecule is Cc1cccc(NC(=O)CN(C)C(=O)CCN2C(=O)COc3ccccc32)c1C. The van der Waals surface area contributed by atoms with Crippen LogP contribution in [0.3, 0.4) is 0 Å². The first-order chi connectivity index (χ1) is 13.9. The van der Waals surface area contributed by atoms with Crippen LogP contribution in [0.2, 0.25) is 0 Å². The van der Waals surface area contributed by atoms with Crippen molar-refractivity contribution in [1.29, 1.82) is 0 Å². The van der Waals surface area contributed by atoms with Crippen molar-refractivity contribution in [2.24, 2.45) is 0 Å². The zero-order valence-electron chi connectivity index (χ0n) is 16.9. The van der Waals surface area contributed by atoms with E-state index in [0.717, 1.165) is 16.8 Å². The molecule has 3 rings (SSSR count). The third-order valence-electron chi connectivity index (χ3n) is 5.04. The summed E-state index contributed by atoms with van der Waals surface area (Å²) in [5.74, 6) is -0.0344. The number of fused-ring (bicyclic) bond motifs is 1. The molecular weight excluding hydrogens is 370 g/mol. The molecule has 2 aromatic carbocycles. The van der Waals surface area contributed by atoms with Crippen molar-refractivity contribution >= 4 is 29.1 Å². The first-order valence-corrected chi connectivity index (χ1v) is 9.49. The van der Waals surface area contributed by atoms with Gasteiger partial charge in [0.05, 0.1) is 12.2 Å². The fourth-order valence-electron chi connectivity index (χ4n) is 3.18. The molecule has 7 heteroatoms. The Bertz CT molecular complexity index is 941. The van der Waals surface area contributed by atoms with E-state index in [4.69, 9.17) is 4.74 Å². The average molecular weight is 395 g/mol. The number of nitrogens with zero attached hydrogens (tertiary/aromatic N) is 2. The molecule has 2 aromatic rings. The Morgan fingerprint density at radius 3 is 2.69 bits per heavy atom. The second kappa shape index (κ2) is 8.77. The fraction of sp³-hybridized carbons (Fsp3) is 0.318. The Hall–Kier alpha value is -3.35. The largest absolute Gasteiger partial charge is 0.482 e. The highest BCUT2D eigenvalue weighted by Crippen LogP contribution is 2.31. The topological polar surface area (TPSA) is 79.0 Å². The number of carbonyl (C=O) groups is 3. The van der Waals surface area contributed by atoms with Gasteiger partial charge in [-0.1, -0.05) is 24.3 Å². The first kappa shape index (κ1) is 20.4. The highest BCUT2D eigenvalue weighted by atomic mass is 16.5. The lowest BCUT2D eigenvalue weighted by atomic mass is 10.1. The Morgan fingerprint density at radius 2 is 1.90 bits per heavy atom. The van der Waals surface area contributed by atoms with E-state index in [1.165, 1.54) is 4.90 Å². The van der Waals surface area contributed by atoms with Gasteiger partial charge in [-0.25, -0.2) is 0 Å². The minimum Gasteiger partial charge on any atom is -0.482 e. The van der Waals surface area contributed by atoms with Crippen molar-refractivity contribution in [1.82, 2.24) is 4.90 Å². The Morgan fingerprint density at radius 1 is 1.14 bits per heavy atom. The van der Waals surface area contributed by atoms with Crippen LogP contribution >= 0.6 is 0 Å². The number of amides is 3. The van der Waals surface area contributed by atoms with Crippen LogP contribution in [0.25, 0.3) is 0 Å². The van der Waals surface area contributed by atoms with E-state index in [1.54, 1.807) is 24.1 Å². The standard InChI is InChI=1S/C22H25N3O4/c1-15-7-6-8-17(16(15)2)23-20(26)13-24(3)21(27)11-12-25-18-9-4-5-10-19(18)29-14-22(25)28/h4-10H,11-14H2,1-3H3,(H,23,26). The molecule has 1 N–H and O–H groups in total. The molecule has 0 saturated heterocycles. The lowest BCUT2D eigenvalue weighted by Gasteiger charge is -2.29. The molecule has 0 radical (unpaired) electrons. The third kappa shape index (κ3) is 4.74. The number of aryl methyl sites for hydroxylation is 1. The van der Waals surface area contributed by atoms with Crippen LogP contribution in [0.1, 0.15) is 17.5 Å². The van der Waals surface area contributed by atoms with E-state index in [9.17, 15) is 14.4 Å². The molecule has 0 aromatic heterocycles. The molecule has 0 unspecified atom stereocenters. The predicted octanol–water partition coefficient (Wildman–Crippen LogP) is 2.52. The molecule has 0 bridgehead atoms. The van der Waals surface area contributed by atoms with Gasteiger partial charge in [-0.3, -0.25) is 14.4 Å². The van der Waals surface area contributed by atoms with E-state index in [0.29, 0.717) is 11.4 Å². The third-order valence-corrected chi connectivity index (χ3v) is 5.04. The monoisotopic (exact) mass is 395 g/mol. The zero-order chi connectivity index (χ0) is 21.0. The zero-order valence-corrected chi connectivity index (χ0v) is 16.9. The predicted molar refractivity (Wildman–Crippen MR) is 111 cm³/mol. The van der Waals surface area contributed by atoms with Crippen molar-refractivity contribution in [3.63, 3.8) is 0 Å². The molecule has 0 aliphatic carbocycles. The van der Waals surface area contributed by atoms with E-state index in [1.807, 2.05) is 44.2 Å². The first-order valence-electron chi connectivity index (χ1n) is 9.49. The van der Waals surface area contributed by atoms with Gasteiger partial charge < -0.3 is 19.9 Å². The van der Waals surface area contributed by atoms with Crippen molar-refractivity contribution < 1.29 is 19.1 Å². The molecule has 1 aliphatic rings. The number of benzene rings is 2. The fourth-order valence-corrected chi connectivity index (χ4v) is 3.18. The summed E-state index contributed by atoms with van der Waals surface area (Å²) in [5.41, 5.74) is 3.49. The van der Waals surface area contributed by atoms with E-state index >= 15 is 0 Å². The van der Waals surface area contributed by atoms with E-state index < -0.39 is 0 Å². The maximum absolute atomic E-state index is 12.5. The normalized spacial score (nSPS) is 12.8. The van der Waals surface area contributed by atoms with Gasteiger partial charge in [0.15, 0.2) is 6.61 Å². The van der Waals surface area contributed by atoms with Crippen molar-refractivity contribution in [3.05, 3.63) is 53.6 Å². The number of hydrogen-bond acceptors (Lipinski definition) is 4. The summed E-state index contributed by atoms with van der Waals surface area (Å²) < 4.78 is 5.41. The highest BCUT2D eigenvalue weighted by Gasteiger charge is 2.26. The summed E-state index contributed by atoms with van der Waals surface area (Å²) in [6.45, 7) is 4.06. The van der Waals surface area contributed by atoms with Gasteiger partial charge >= 0.3 is 0 Å². The second-order valence-corrected chi connectivity index (χ2v) is 7.10. The summed E-state index contributed by atoms with van der Waals surface area (Å²) >= 11 is 0. The summed E-state index contributed by atoms with van der Waals surface area (Å²) in [6, 6.07) is 12.9. The van der Waals surface area contributed by atoms with Crippen molar-refractivity contribution in [2.45, 2.75) is 20.3 Å². The molecule has 0 atom stereocenters. The number of rotatable bonds is 6. The van der Waals surface area contributed by atoms with Crippen LogP contribution in [0.4, 0.5) is 11.4 Å². The highest BCUT2D eigenvalue weighted by molar-refractivity contribution is 5.98. The Balaban J connectivity index is 1.55. The molecule has 152 valence electrons. The van der Waals surface area contributed by atoms with Crippen molar-refractivity contribution in [3.8, 4) is 5.75 Å². The molecule has 0 spiro atoms. The number of para-hydroxylation sites is 2. The van der Waals surface area contributed by atoms with Crippen LogP contribution in [-0.4, -0.2) is 49.4 Å². The van der Waals surface area contributed by atoms with Gasteiger partial charge in [0.2, 0.25) is 11.8 Å². The van der Waals surface area contributed by atoms with Crippen LogP contribution < -0.4 is 15.0 Å². The van der Waals surface area contributed by atoms with Crippen molar-refractivity contribution in [2.75, 3.05) is 37.0 Å².